The molecule has 0 aliphatic heterocycles. The monoisotopic (exact) mass is 164 g/mol. The van der Waals surface area contributed by atoms with Gasteiger partial charge in [-0.15, -0.1) is 0 Å². The molecule has 0 aromatic heterocycles. The predicted molar refractivity (Wildman–Crippen MR) is 48.9 cm³/mol. The molecule has 1 nitrogen and oxygen atoms in total. The average Bonchev–Trinajstić information content (AvgIpc) is 2.85. The van der Waals surface area contributed by atoms with Gasteiger partial charge in [-0.3, -0.25) is 4.79 Å². The Bertz CT molecular complexity index is 233. The van der Waals surface area contributed by atoms with Gasteiger partial charge in [0.15, 0.2) is 5.78 Å². The Morgan fingerprint density at radius 3 is 2.67 bits per heavy atom. The Labute approximate surface area is 73.8 Å². The molecule has 1 fully saturated rings. The summed E-state index contributed by atoms with van der Waals surface area (Å²) < 4.78 is 0. The minimum Gasteiger partial charge on any atom is -0.294 e. The van der Waals surface area contributed by atoms with Crippen molar-refractivity contribution in [2.75, 3.05) is 0 Å². The van der Waals surface area contributed by atoms with E-state index in [-0.39, 0.29) is 5.41 Å². The molecule has 0 spiro atoms. The third-order valence-corrected chi connectivity index (χ3v) is 3.13. The molecular weight excluding hydrogens is 148 g/mol. The maximum atomic E-state index is 11.8. The van der Waals surface area contributed by atoms with Gasteiger partial charge in [-0.1, -0.05) is 13.0 Å². The van der Waals surface area contributed by atoms with Crippen LogP contribution in [0.15, 0.2) is 11.6 Å². The van der Waals surface area contributed by atoms with Crippen LogP contribution in [0.25, 0.3) is 0 Å². The molecule has 2 aliphatic carbocycles. The molecule has 0 heterocycles. The SMILES string of the molecule is CC1(C(=O)C2=CCCCC2)CC1. The zero-order valence-electron chi connectivity index (χ0n) is 7.73. The van der Waals surface area contributed by atoms with E-state index in [0.29, 0.717) is 5.78 Å². The summed E-state index contributed by atoms with van der Waals surface area (Å²) in [6, 6.07) is 0. The van der Waals surface area contributed by atoms with Crippen LogP contribution in [0.2, 0.25) is 0 Å². The number of ketones is 1. The first-order valence-electron chi connectivity index (χ1n) is 4.96. The van der Waals surface area contributed by atoms with E-state index in [2.05, 4.69) is 13.0 Å². The highest BCUT2D eigenvalue weighted by Gasteiger charge is 2.45. The molecule has 1 heteroatoms. The lowest BCUT2D eigenvalue weighted by Gasteiger charge is -2.14. The summed E-state index contributed by atoms with van der Waals surface area (Å²) >= 11 is 0. The second-order valence-electron chi connectivity index (χ2n) is 4.36. The molecule has 0 amide bonds. The Balaban J connectivity index is 2.08. The highest BCUT2D eigenvalue weighted by Crippen LogP contribution is 2.48. The van der Waals surface area contributed by atoms with Gasteiger partial charge in [-0.2, -0.15) is 0 Å². The first kappa shape index (κ1) is 8.03. The van der Waals surface area contributed by atoms with Gasteiger partial charge in [0.25, 0.3) is 0 Å². The predicted octanol–water partition coefficient (Wildman–Crippen LogP) is 2.86. The van der Waals surface area contributed by atoms with Crippen molar-refractivity contribution in [1.29, 1.82) is 0 Å². The molecule has 2 rings (SSSR count). The molecular formula is C11H16O. The second-order valence-corrected chi connectivity index (χ2v) is 4.36. The van der Waals surface area contributed by atoms with Crippen molar-refractivity contribution in [3.05, 3.63) is 11.6 Å². The summed E-state index contributed by atoms with van der Waals surface area (Å²) in [6.07, 6.45) is 9.04. The second kappa shape index (κ2) is 2.72. The van der Waals surface area contributed by atoms with Crippen molar-refractivity contribution in [2.24, 2.45) is 5.41 Å². The maximum Gasteiger partial charge on any atom is 0.164 e. The Morgan fingerprint density at radius 1 is 1.42 bits per heavy atom. The van der Waals surface area contributed by atoms with E-state index in [4.69, 9.17) is 0 Å². The molecule has 2 aliphatic rings. The lowest BCUT2D eigenvalue weighted by atomic mass is 9.89. The molecule has 0 aromatic carbocycles. The summed E-state index contributed by atoms with van der Waals surface area (Å²) in [4.78, 5) is 11.8. The molecule has 66 valence electrons. The molecule has 0 atom stereocenters. The number of carbonyl (C=O) groups is 1. The van der Waals surface area contributed by atoms with E-state index < -0.39 is 0 Å². The number of carbonyl (C=O) groups excluding carboxylic acids is 1. The molecule has 0 unspecified atom stereocenters. The van der Waals surface area contributed by atoms with Crippen LogP contribution in [0.1, 0.15) is 45.4 Å². The van der Waals surface area contributed by atoms with Crippen LogP contribution in [0.4, 0.5) is 0 Å². The van der Waals surface area contributed by atoms with Crippen LogP contribution >= 0.6 is 0 Å². The first-order valence-corrected chi connectivity index (χ1v) is 4.96. The number of allylic oxidation sites excluding steroid dienone is 2. The van der Waals surface area contributed by atoms with Gasteiger partial charge in [0.2, 0.25) is 0 Å². The van der Waals surface area contributed by atoms with Crippen LogP contribution < -0.4 is 0 Å². The van der Waals surface area contributed by atoms with E-state index in [9.17, 15) is 4.79 Å². The quantitative estimate of drug-likeness (QED) is 0.613. The summed E-state index contributed by atoms with van der Waals surface area (Å²) in [5.74, 6) is 0.446. The fourth-order valence-corrected chi connectivity index (χ4v) is 1.85. The smallest absolute Gasteiger partial charge is 0.164 e. The van der Waals surface area contributed by atoms with Gasteiger partial charge in [-0.25, -0.2) is 0 Å². The lowest BCUT2D eigenvalue weighted by molar-refractivity contribution is -0.120. The summed E-state index contributed by atoms with van der Waals surface area (Å²) in [5.41, 5.74) is 1.18. The number of Topliss-reactive ketones (excluding diaryl/α,β-unsaturated/α-hetero) is 1. The van der Waals surface area contributed by atoms with Crippen LogP contribution in [-0.2, 0) is 4.79 Å². The largest absolute Gasteiger partial charge is 0.294 e. The van der Waals surface area contributed by atoms with Gasteiger partial charge in [0.1, 0.15) is 0 Å². The van der Waals surface area contributed by atoms with Crippen LogP contribution in [0.5, 0.6) is 0 Å². The molecule has 0 bridgehead atoms. The summed E-state index contributed by atoms with van der Waals surface area (Å²) in [7, 11) is 0. The number of rotatable bonds is 2. The molecule has 1 saturated carbocycles. The van der Waals surface area contributed by atoms with Crippen molar-refractivity contribution in [3.63, 3.8) is 0 Å². The average molecular weight is 164 g/mol. The van der Waals surface area contributed by atoms with E-state index in [1.165, 1.54) is 12.8 Å². The Hall–Kier alpha value is -0.590. The minimum atomic E-state index is 0.0587. The zero-order chi connectivity index (χ0) is 8.60. The molecule has 0 N–H and O–H groups in total. The van der Waals surface area contributed by atoms with Crippen molar-refractivity contribution in [1.82, 2.24) is 0 Å². The third-order valence-electron chi connectivity index (χ3n) is 3.13. The molecule has 12 heavy (non-hydrogen) atoms. The Morgan fingerprint density at radius 2 is 2.17 bits per heavy atom. The van der Waals surface area contributed by atoms with Gasteiger partial charge in [0, 0.05) is 5.41 Å². The normalized spacial score (nSPS) is 26.2. The van der Waals surface area contributed by atoms with E-state index in [0.717, 1.165) is 31.3 Å². The number of hydrogen-bond donors (Lipinski definition) is 0. The zero-order valence-corrected chi connectivity index (χ0v) is 7.73. The van der Waals surface area contributed by atoms with E-state index in [1.807, 2.05) is 0 Å². The fourth-order valence-electron chi connectivity index (χ4n) is 1.85. The molecule has 0 saturated heterocycles. The topological polar surface area (TPSA) is 17.1 Å². The van der Waals surface area contributed by atoms with Gasteiger partial charge < -0.3 is 0 Å². The summed E-state index contributed by atoms with van der Waals surface area (Å²) in [6.45, 7) is 2.10. The van der Waals surface area contributed by atoms with Crippen LogP contribution in [0, 0.1) is 5.41 Å². The fraction of sp³-hybridized carbons (Fsp3) is 0.727. The van der Waals surface area contributed by atoms with Crippen molar-refractivity contribution >= 4 is 5.78 Å². The van der Waals surface area contributed by atoms with Crippen molar-refractivity contribution in [2.45, 2.75) is 45.4 Å². The highest BCUT2D eigenvalue weighted by molar-refractivity contribution is 6.01. The van der Waals surface area contributed by atoms with Crippen molar-refractivity contribution in [3.8, 4) is 0 Å². The van der Waals surface area contributed by atoms with Gasteiger partial charge >= 0.3 is 0 Å². The third kappa shape index (κ3) is 1.33. The standard InChI is InChI=1S/C11H16O/c1-11(7-8-11)10(12)9-5-3-2-4-6-9/h5H,2-4,6-8H2,1H3. The van der Waals surface area contributed by atoms with E-state index >= 15 is 0 Å². The first-order chi connectivity index (χ1) is 5.72. The Kier molecular flexibility index (Phi) is 1.82. The number of hydrogen-bond acceptors (Lipinski definition) is 1. The molecule has 0 aromatic rings. The summed E-state index contributed by atoms with van der Waals surface area (Å²) in [5, 5.41) is 0. The lowest BCUT2D eigenvalue weighted by Crippen LogP contribution is -2.15. The van der Waals surface area contributed by atoms with Crippen molar-refractivity contribution < 1.29 is 4.79 Å². The minimum absolute atomic E-state index is 0.0587. The van der Waals surface area contributed by atoms with E-state index in [1.54, 1.807) is 0 Å². The van der Waals surface area contributed by atoms with Gasteiger partial charge in [0.05, 0.1) is 0 Å². The molecule has 0 radical (unpaired) electrons. The highest BCUT2D eigenvalue weighted by atomic mass is 16.1. The van der Waals surface area contributed by atoms with Gasteiger partial charge in [-0.05, 0) is 44.1 Å². The van der Waals surface area contributed by atoms with Crippen LogP contribution in [0.3, 0.4) is 0 Å². The maximum absolute atomic E-state index is 11.8. The van der Waals surface area contributed by atoms with Crippen LogP contribution in [-0.4, -0.2) is 5.78 Å².